The third-order valence-corrected chi connectivity index (χ3v) is 2.12. The summed E-state index contributed by atoms with van der Waals surface area (Å²) >= 11 is 0. The number of carbonyl (C=O) groups excluding carboxylic acids is 1. The van der Waals surface area contributed by atoms with Gasteiger partial charge in [-0.25, -0.2) is 4.79 Å². The Labute approximate surface area is 82.1 Å². The number of aryl methyl sites for hydroxylation is 1. The first-order chi connectivity index (χ1) is 6.57. The average Bonchev–Trinajstić information content (AvgIpc) is 2.20. The van der Waals surface area contributed by atoms with E-state index >= 15 is 0 Å². The second-order valence-electron chi connectivity index (χ2n) is 3.10. The van der Waals surface area contributed by atoms with E-state index in [-0.39, 0.29) is 5.56 Å². The van der Waals surface area contributed by atoms with Crippen LogP contribution in [0.2, 0.25) is 0 Å². The third-order valence-electron chi connectivity index (χ3n) is 2.12. The van der Waals surface area contributed by atoms with Gasteiger partial charge in [-0.3, -0.25) is 4.79 Å². The first-order valence-electron chi connectivity index (χ1n) is 4.33. The Balaban J connectivity index is 3.14. The summed E-state index contributed by atoms with van der Waals surface area (Å²) in [5, 5.41) is 0. The molecule has 1 rings (SSSR count). The number of ether oxygens (including phenoxy) is 1. The van der Waals surface area contributed by atoms with Crippen LogP contribution in [0.15, 0.2) is 23.1 Å². The van der Waals surface area contributed by atoms with Gasteiger partial charge < -0.3 is 9.30 Å². The number of aromatic nitrogens is 1. The number of hydrogen-bond acceptors (Lipinski definition) is 3. The monoisotopic (exact) mass is 195 g/mol. The second-order valence-corrected chi connectivity index (χ2v) is 3.10. The minimum Gasteiger partial charge on any atom is -0.467 e. The number of pyridine rings is 1. The van der Waals surface area contributed by atoms with Crippen LogP contribution >= 0.6 is 0 Å². The zero-order chi connectivity index (χ0) is 10.7. The number of methoxy groups -OCH3 is 1. The maximum absolute atomic E-state index is 11.6. The molecule has 0 amide bonds. The molecule has 1 aromatic rings. The van der Waals surface area contributed by atoms with Gasteiger partial charge in [0.05, 0.1) is 7.11 Å². The van der Waals surface area contributed by atoms with Crippen LogP contribution in [0, 0.1) is 6.92 Å². The molecule has 1 atom stereocenters. The van der Waals surface area contributed by atoms with Crippen molar-refractivity contribution in [3.63, 3.8) is 0 Å². The van der Waals surface area contributed by atoms with Crippen molar-refractivity contribution in [3.8, 4) is 0 Å². The molecule has 0 aliphatic carbocycles. The molecule has 4 heteroatoms. The average molecular weight is 195 g/mol. The van der Waals surface area contributed by atoms with E-state index in [0.29, 0.717) is 5.56 Å². The molecule has 0 spiro atoms. The molecule has 0 aliphatic rings. The van der Waals surface area contributed by atoms with Crippen LogP contribution < -0.4 is 5.56 Å². The van der Waals surface area contributed by atoms with Crippen LogP contribution in [0.3, 0.4) is 0 Å². The van der Waals surface area contributed by atoms with E-state index in [1.807, 2.05) is 0 Å². The van der Waals surface area contributed by atoms with Gasteiger partial charge in [0.15, 0.2) is 0 Å². The summed E-state index contributed by atoms with van der Waals surface area (Å²) in [5.41, 5.74) is 0.452. The Kier molecular flexibility index (Phi) is 3.06. The molecular formula is C10H13NO3. The molecule has 1 aromatic heterocycles. The lowest BCUT2D eigenvalue weighted by Gasteiger charge is -2.12. The van der Waals surface area contributed by atoms with E-state index < -0.39 is 12.0 Å². The van der Waals surface area contributed by atoms with Crippen molar-refractivity contribution in [3.05, 3.63) is 34.2 Å². The largest absolute Gasteiger partial charge is 0.467 e. The quantitative estimate of drug-likeness (QED) is 0.658. The lowest BCUT2D eigenvalue weighted by molar-refractivity contribution is -0.144. The molecule has 0 saturated heterocycles. The number of nitrogens with zero attached hydrogens (tertiary/aromatic N) is 1. The molecule has 1 unspecified atom stereocenters. The van der Waals surface area contributed by atoms with Gasteiger partial charge in [-0.05, 0) is 19.9 Å². The summed E-state index contributed by atoms with van der Waals surface area (Å²) in [7, 11) is 1.31. The fraction of sp³-hybridized carbons (Fsp3) is 0.400. The summed E-state index contributed by atoms with van der Waals surface area (Å²) in [5.74, 6) is -0.419. The highest BCUT2D eigenvalue weighted by atomic mass is 16.5. The van der Waals surface area contributed by atoms with E-state index in [9.17, 15) is 9.59 Å². The predicted octanol–water partition coefficient (Wildman–Crippen LogP) is 0.891. The minimum atomic E-state index is -0.576. The highest BCUT2D eigenvalue weighted by Crippen LogP contribution is 2.04. The molecule has 0 saturated carbocycles. The van der Waals surface area contributed by atoms with Crippen molar-refractivity contribution in [2.45, 2.75) is 19.9 Å². The van der Waals surface area contributed by atoms with Gasteiger partial charge >= 0.3 is 5.97 Å². The summed E-state index contributed by atoms with van der Waals surface area (Å²) in [6.07, 6.45) is 1.58. The van der Waals surface area contributed by atoms with E-state index in [4.69, 9.17) is 0 Å². The van der Waals surface area contributed by atoms with Crippen LogP contribution in [-0.2, 0) is 9.53 Å². The maximum Gasteiger partial charge on any atom is 0.328 e. The number of hydrogen-bond donors (Lipinski definition) is 0. The first-order valence-corrected chi connectivity index (χ1v) is 4.33. The topological polar surface area (TPSA) is 48.3 Å². The van der Waals surface area contributed by atoms with Crippen LogP contribution in [-0.4, -0.2) is 17.6 Å². The summed E-state index contributed by atoms with van der Waals surface area (Å²) in [6, 6.07) is 2.87. The van der Waals surface area contributed by atoms with Gasteiger partial charge in [0.25, 0.3) is 5.56 Å². The number of rotatable bonds is 2. The normalized spacial score (nSPS) is 12.2. The Morgan fingerprint density at radius 3 is 2.79 bits per heavy atom. The predicted molar refractivity (Wildman–Crippen MR) is 52.2 cm³/mol. The summed E-state index contributed by atoms with van der Waals surface area (Å²) in [6.45, 7) is 3.34. The molecule has 4 nitrogen and oxygen atoms in total. The van der Waals surface area contributed by atoms with E-state index in [0.717, 1.165) is 0 Å². The minimum absolute atomic E-state index is 0.162. The van der Waals surface area contributed by atoms with Gasteiger partial charge in [0.2, 0.25) is 0 Å². The SMILES string of the molecule is COC(=O)C(C)n1cccc(C)c1=O. The lowest BCUT2D eigenvalue weighted by atomic mass is 10.2. The second kappa shape index (κ2) is 4.09. The molecule has 0 bridgehead atoms. The van der Waals surface area contributed by atoms with Crippen molar-refractivity contribution < 1.29 is 9.53 Å². The summed E-state index contributed by atoms with van der Waals surface area (Å²) in [4.78, 5) is 22.8. The van der Waals surface area contributed by atoms with Gasteiger partial charge in [0.1, 0.15) is 6.04 Å². The highest BCUT2D eigenvalue weighted by molar-refractivity contribution is 5.73. The molecule has 0 fully saturated rings. The smallest absolute Gasteiger partial charge is 0.328 e. The molecule has 14 heavy (non-hydrogen) atoms. The molecular weight excluding hydrogens is 182 g/mol. The van der Waals surface area contributed by atoms with E-state index in [2.05, 4.69) is 4.74 Å². The molecule has 0 radical (unpaired) electrons. The fourth-order valence-corrected chi connectivity index (χ4v) is 1.21. The van der Waals surface area contributed by atoms with Crippen LogP contribution in [0.5, 0.6) is 0 Å². The molecule has 0 aromatic carbocycles. The molecule has 76 valence electrons. The zero-order valence-corrected chi connectivity index (χ0v) is 8.48. The molecule has 1 heterocycles. The standard InChI is InChI=1S/C10H13NO3/c1-7-5-4-6-11(9(7)12)8(2)10(13)14-3/h4-6,8H,1-3H3. The van der Waals surface area contributed by atoms with Crippen molar-refractivity contribution in [2.75, 3.05) is 7.11 Å². The van der Waals surface area contributed by atoms with Crippen molar-refractivity contribution in [2.24, 2.45) is 0 Å². The van der Waals surface area contributed by atoms with Gasteiger partial charge in [-0.2, -0.15) is 0 Å². The van der Waals surface area contributed by atoms with Crippen molar-refractivity contribution in [1.29, 1.82) is 0 Å². The van der Waals surface area contributed by atoms with Crippen molar-refractivity contribution in [1.82, 2.24) is 4.57 Å². The van der Waals surface area contributed by atoms with Gasteiger partial charge in [-0.15, -0.1) is 0 Å². The fourth-order valence-electron chi connectivity index (χ4n) is 1.21. The lowest BCUT2D eigenvalue weighted by Crippen LogP contribution is -2.29. The Morgan fingerprint density at radius 1 is 1.57 bits per heavy atom. The van der Waals surface area contributed by atoms with Gasteiger partial charge in [0, 0.05) is 11.8 Å². The zero-order valence-electron chi connectivity index (χ0n) is 8.48. The van der Waals surface area contributed by atoms with E-state index in [1.54, 1.807) is 32.2 Å². The number of carbonyl (C=O) groups is 1. The highest BCUT2D eigenvalue weighted by Gasteiger charge is 2.16. The van der Waals surface area contributed by atoms with Crippen LogP contribution in [0.4, 0.5) is 0 Å². The Bertz CT molecular complexity index is 395. The first kappa shape index (κ1) is 10.5. The maximum atomic E-state index is 11.6. The van der Waals surface area contributed by atoms with E-state index in [1.165, 1.54) is 11.7 Å². The third kappa shape index (κ3) is 1.84. The van der Waals surface area contributed by atoms with Gasteiger partial charge in [-0.1, -0.05) is 6.07 Å². The molecule has 0 aliphatic heterocycles. The Hall–Kier alpha value is -1.58. The van der Waals surface area contributed by atoms with Crippen molar-refractivity contribution >= 4 is 5.97 Å². The Morgan fingerprint density at radius 2 is 2.21 bits per heavy atom. The molecule has 0 N–H and O–H groups in total. The van der Waals surface area contributed by atoms with Crippen LogP contribution in [0.1, 0.15) is 18.5 Å². The number of esters is 1. The van der Waals surface area contributed by atoms with Crippen LogP contribution in [0.25, 0.3) is 0 Å². The summed E-state index contributed by atoms with van der Waals surface area (Å²) < 4.78 is 5.92.